The van der Waals surface area contributed by atoms with Gasteiger partial charge in [0, 0.05) is 94.3 Å². The number of hydrogen-bond acceptors (Lipinski definition) is 10. The average Bonchev–Trinajstić information content (AvgIpc) is 4.11. The highest BCUT2D eigenvalue weighted by molar-refractivity contribution is 6.02. The fourth-order valence-electron chi connectivity index (χ4n) is 8.01. The lowest BCUT2D eigenvalue weighted by atomic mass is 10.0. The Morgan fingerprint density at radius 3 is 0.781 bits per heavy atom. The Labute approximate surface area is 366 Å². The van der Waals surface area contributed by atoms with Crippen LogP contribution in [0.4, 0.5) is 0 Å². The fourth-order valence-corrected chi connectivity index (χ4v) is 8.01. The summed E-state index contributed by atoms with van der Waals surface area (Å²) < 4.78 is 23.1. The highest BCUT2D eigenvalue weighted by Crippen LogP contribution is 2.44. The lowest BCUT2D eigenvalue weighted by Crippen LogP contribution is -2.03. The van der Waals surface area contributed by atoms with Crippen molar-refractivity contribution in [3.8, 4) is 67.5 Å². The van der Waals surface area contributed by atoms with Crippen LogP contribution in [0.1, 0.15) is 50.5 Å². The van der Waals surface area contributed by atoms with Gasteiger partial charge in [0.15, 0.2) is 0 Å². The number of hydrogen-bond donors (Lipinski definition) is 2. The van der Waals surface area contributed by atoms with Gasteiger partial charge in [0.25, 0.3) is 0 Å². The number of H-pyrrole nitrogens is 2. The van der Waals surface area contributed by atoms with Crippen LogP contribution in [0.2, 0.25) is 0 Å². The lowest BCUT2D eigenvalue weighted by Gasteiger charge is -2.12. The fraction of sp³-hybridized carbons (Fsp3) is 0.0769. The van der Waals surface area contributed by atoms with E-state index in [2.05, 4.69) is 9.97 Å². The molecule has 0 aliphatic carbocycles. The average molecular weight is 847 g/mol. The van der Waals surface area contributed by atoms with E-state index < -0.39 is 23.9 Å². The molecule has 2 N–H and O–H groups in total. The molecule has 314 valence electrons. The topological polar surface area (TPSA) is 163 Å². The highest BCUT2D eigenvalue weighted by atomic mass is 16.5. The largest absolute Gasteiger partial charge is 0.426 e. The van der Waals surface area contributed by atoms with Crippen LogP contribution in [0.3, 0.4) is 0 Å². The van der Waals surface area contributed by atoms with Gasteiger partial charge in [-0.15, -0.1) is 0 Å². The summed E-state index contributed by atoms with van der Waals surface area (Å²) in [7, 11) is 0. The number of esters is 4. The van der Waals surface area contributed by atoms with E-state index in [0.29, 0.717) is 112 Å². The number of aromatic amines is 2. The number of fused-ring (bicyclic) bond motifs is 8. The van der Waals surface area contributed by atoms with Crippen LogP contribution in [0.5, 0.6) is 23.0 Å². The van der Waals surface area contributed by atoms with E-state index in [9.17, 15) is 19.2 Å². The summed E-state index contributed by atoms with van der Waals surface area (Å²) in [6.07, 6.45) is 7.52. The zero-order chi connectivity index (χ0) is 44.5. The minimum Gasteiger partial charge on any atom is -0.426 e. The molecule has 2 aliphatic rings. The van der Waals surface area contributed by atoms with Crippen LogP contribution < -0.4 is 18.9 Å². The van der Waals surface area contributed by atoms with Crippen molar-refractivity contribution in [2.75, 3.05) is 0 Å². The molecule has 0 atom stereocenters. The minimum atomic E-state index is -0.493. The maximum atomic E-state index is 12.5. The first-order valence-electron chi connectivity index (χ1n) is 20.3. The summed E-state index contributed by atoms with van der Waals surface area (Å²) in [4.78, 5) is 67.8. The third kappa shape index (κ3) is 7.98. The second kappa shape index (κ2) is 17.0. The van der Waals surface area contributed by atoms with E-state index in [1.54, 1.807) is 48.5 Å². The number of carbonyl (C=O) groups is 4. The van der Waals surface area contributed by atoms with Gasteiger partial charge in [-0.1, -0.05) is 72.8 Å². The van der Waals surface area contributed by atoms with Crippen molar-refractivity contribution < 1.29 is 38.1 Å². The zero-order valence-corrected chi connectivity index (χ0v) is 35.0. The Morgan fingerprint density at radius 1 is 0.344 bits per heavy atom. The number of nitrogens with one attached hydrogen (secondary N) is 2. The number of rotatable bonds is 8. The summed E-state index contributed by atoms with van der Waals surface area (Å²) in [5.74, 6) is -0.687. The van der Waals surface area contributed by atoms with Gasteiger partial charge in [0.2, 0.25) is 0 Å². The van der Waals surface area contributed by atoms with Crippen LogP contribution in [-0.4, -0.2) is 43.8 Å². The molecule has 0 saturated heterocycles. The van der Waals surface area contributed by atoms with Crippen LogP contribution in [0.15, 0.2) is 121 Å². The van der Waals surface area contributed by atoms with Crippen molar-refractivity contribution in [1.29, 1.82) is 0 Å². The van der Waals surface area contributed by atoms with Crippen molar-refractivity contribution in [1.82, 2.24) is 19.9 Å². The first-order chi connectivity index (χ1) is 31.0. The van der Waals surface area contributed by atoms with Gasteiger partial charge >= 0.3 is 23.9 Å². The Hall–Kier alpha value is -8.64. The number of ether oxygens (including phenoxy) is 4. The third-order valence-electron chi connectivity index (χ3n) is 10.4. The molecular formula is C52H38N4O8. The Bertz CT molecular complexity index is 2890. The van der Waals surface area contributed by atoms with E-state index in [-0.39, 0.29) is 0 Å². The summed E-state index contributed by atoms with van der Waals surface area (Å²) in [6, 6.07) is 36.5. The van der Waals surface area contributed by atoms with E-state index >= 15 is 0 Å². The minimum absolute atomic E-state index is 0.322. The van der Waals surface area contributed by atoms with E-state index in [0.717, 1.165) is 0 Å². The van der Waals surface area contributed by atoms with Crippen molar-refractivity contribution in [2.24, 2.45) is 0 Å². The first kappa shape index (κ1) is 40.7. The molecule has 8 bridgehead atoms. The van der Waals surface area contributed by atoms with Gasteiger partial charge in [-0.3, -0.25) is 19.2 Å². The molecule has 2 aliphatic heterocycles. The Balaban J connectivity index is 1.50. The van der Waals surface area contributed by atoms with Crippen molar-refractivity contribution in [3.63, 3.8) is 0 Å². The third-order valence-corrected chi connectivity index (χ3v) is 10.4. The molecule has 7 aromatic rings. The van der Waals surface area contributed by atoms with Crippen LogP contribution >= 0.6 is 0 Å². The molecule has 0 amide bonds. The van der Waals surface area contributed by atoms with Gasteiger partial charge in [-0.2, -0.15) is 0 Å². The SMILES string of the molecule is CC(=O)Oc1ccccc1-c1c2nc(c(-c3ccccc3OC(C)=O)c3ccc([nH]3)c(-c3ccccc3OC(C)=O)c3nc(c(-c4ccccc4OC(C)=O)c4ccc1[nH]4)C=C3)C=C2. The molecule has 12 heteroatoms. The summed E-state index contributed by atoms with van der Waals surface area (Å²) in [5.41, 5.74) is 9.39. The predicted octanol–water partition coefficient (Wildman–Crippen LogP) is 11.0. The number of aromatic nitrogens is 4. The maximum absolute atomic E-state index is 12.5. The lowest BCUT2D eigenvalue weighted by molar-refractivity contribution is -0.132. The molecule has 4 aromatic carbocycles. The van der Waals surface area contributed by atoms with Crippen LogP contribution in [0.25, 0.3) is 90.9 Å². The maximum Gasteiger partial charge on any atom is 0.308 e. The smallest absolute Gasteiger partial charge is 0.308 e. The molecule has 0 spiro atoms. The molecule has 0 radical (unpaired) electrons. The summed E-state index contributed by atoms with van der Waals surface area (Å²) >= 11 is 0. The molecule has 0 unspecified atom stereocenters. The second-order valence-electron chi connectivity index (χ2n) is 14.9. The molecule has 0 fully saturated rings. The van der Waals surface area contributed by atoms with Crippen LogP contribution in [-0.2, 0) is 19.2 Å². The molecule has 3 aromatic heterocycles. The molecule has 5 heterocycles. The van der Waals surface area contributed by atoms with Gasteiger partial charge in [-0.05, 0) is 72.8 Å². The van der Waals surface area contributed by atoms with Crippen LogP contribution in [0, 0.1) is 0 Å². The second-order valence-corrected chi connectivity index (χ2v) is 14.9. The standard InChI is InChI=1S/C52H38N4O8/c1-29(57)61-45-17-9-5-13-33(45)49-37-21-23-39(53-37)50(34-14-6-10-18-46(34)62-30(2)58)41-25-27-43(55-41)52(36-16-8-12-20-48(36)64-32(4)60)44-28-26-42(56-44)51(40-24-22-38(49)54-40)35-15-7-11-19-47(35)63-31(3)59/h5-28,53,56H,1-4H3. The highest BCUT2D eigenvalue weighted by Gasteiger charge is 2.24. The first-order valence-corrected chi connectivity index (χ1v) is 20.3. The van der Waals surface area contributed by atoms with Crippen molar-refractivity contribution in [2.45, 2.75) is 27.7 Å². The number of benzene rings is 4. The normalized spacial score (nSPS) is 11.6. The number of carbonyl (C=O) groups excluding carboxylic acids is 4. The van der Waals surface area contributed by atoms with E-state index in [4.69, 9.17) is 28.9 Å². The van der Waals surface area contributed by atoms with Gasteiger partial charge in [-0.25, -0.2) is 9.97 Å². The predicted molar refractivity (Wildman–Crippen MR) is 246 cm³/mol. The monoisotopic (exact) mass is 846 g/mol. The molecule has 9 rings (SSSR count). The summed E-state index contributed by atoms with van der Waals surface area (Å²) in [6.45, 7) is 5.39. The molecular weight excluding hydrogens is 809 g/mol. The molecule has 12 nitrogen and oxygen atoms in total. The molecule has 0 saturated carbocycles. The Kier molecular flexibility index (Phi) is 10.8. The number of para-hydroxylation sites is 4. The summed E-state index contributed by atoms with van der Waals surface area (Å²) in [5, 5.41) is 0. The van der Waals surface area contributed by atoms with Crippen molar-refractivity contribution >= 4 is 70.2 Å². The Morgan fingerprint density at radius 2 is 0.562 bits per heavy atom. The van der Waals surface area contributed by atoms with Crippen molar-refractivity contribution in [3.05, 3.63) is 144 Å². The van der Waals surface area contributed by atoms with Gasteiger partial charge < -0.3 is 28.9 Å². The molecule has 64 heavy (non-hydrogen) atoms. The van der Waals surface area contributed by atoms with Gasteiger partial charge in [0.1, 0.15) is 23.0 Å². The van der Waals surface area contributed by atoms with Gasteiger partial charge in [0.05, 0.1) is 22.8 Å². The van der Waals surface area contributed by atoms with E-state index in [1.807, 2.05) is 97.1 Å². The van der Waals surface area contributed by atoms with E-state index in [1.165, 1.54) is 27.7 Å². The quantitative estimate of drug-likeness (QED) is 0.111. The number of nitrogens with zero attached hydrogens (tertiary/aromatic N) is 2. The zero-order valence-electron chi connectivity index (χ0n) is 35.0.